The minimum atomic E-state index is -2.79. The summed E-state index contributed by atoms with van der Waals surface area (Å²) in [6.07, 6.45) is 0.0897. The lowest BCUT2D eigenvalue weighted by Crippen LogP contribution is -2.70. The van der Waals surface area contributed by atoms with Gasteiger partial charge < -0.3 is 20.5 Å². The number of rotatable bonds is 7. The first-order valence-corrected chi connectivity index (χ1v) is 11.0. The number of hydrogen-bond donors (Lipinski definition) is 3. The van der Waals surface area contributed by atoms with Crippen LogP contribution in [0.5, 0.6) is 5.75 Å². The fourth-order valence-corrected chi connectivity index (χ4v) is 4.68. The van der Waals surface area contributed by atoms with Gasteiger partial charge in [0, 0.05) is 11.6 Å². The molecule has 2 aromatic rings. The molecule has 2 bridgehead atoms. The maximum atomic E-state index is 13.5. The molecular weight excluding hydrogens is 477 g/mol. The monoisotopic (exact) mass is 498 g/mol. The first kappa shape index (κ1) is 24.2. The summed E-state index contributed by atoms with van der Waals surface area (Å²) in [5.41, 5.74) is -2.23. The van der Waals surface area contributed by atoms with Gasteiger partial charge in [-0.2, -0.15) is 0 Å². The van der Waals surface area contributed by atoms with Crippen LogP contribution >= 0.6 is 11.6 Å². The summed E-state index contributed by atoms with van der Waals surface area (Å²) in [7, 11) is 0. The van der Waals surface area contributed by atoms with Gasteiger partial charge in [-0.3, -0.25) is 14.6 Å². The van der Waals surface area contributed by atoms with Crippen molar-refractivity contribution in [1.82, 2.24) is 20.6 Å². The number of ether oxygens (including phenoxy) is 1. The van der Waals surface area contributed by atoms with Gasteiger partial charge in [0.15, 0.2) is 6.61 Å². The van der Waals surface area contributed by atoms with Crippen LogP contribution in [-0.2, 0) is 4.79 Å². The van der Waals surface area contributed by atoms with Gasteiger partial charge in [0.1, 0.15) is 23.0 Å². The first-order valence-electron chi connectivity index (χ1n) is 10.6. The number of aliphatic hydroxyl groups excluding tert-OH is 1. The molecule has 1 unspecified atom stereocenters. The average molecular weight is 499 g/mol. The number of aromatic nitrogens is 2. The maximum absolute atomic E-state index is 13.5. The van der Waals surface area contributed by atoms with E-state index in [4.69, 9.17) is 16.3 Å². The van der Waals surface area contributed by atoms with E-state index in [0.717, 1.165) is 18.5 Å². The van der Waals surface area contributed by atoms with Gasteiger partial charge in [0.05, 0.1) is 29.1 Å². The Morgan fingerprint density at radius 3 is 2.50 bits per heavy atom. The number of aliphatic hydroxyl groups is 1. The van der Waals surface area contributed by atoms with Gasteiger partial charge in [-0.05, 0) is 44.2 Å². The molecular formula is C22H22ClF3N4O4. The van der Waals surface area contributed by atoms with E-state index in [1.807, 2.05) is 0 Å². The van der Waals surface area contributed by atoms with Crippen molar-refractivity contribution in [1.29, 1.82) is 0 Å². The summed E-state index contributed by atoms with van der Waals surface area (Å²) < 4.78 is 44.1. The molecule has 182 valence electrons. The molecule has 1 atom stereocenters. The predicted molar refractivity (Wildman–Crippen MR) is 114 cm³/mol. The zero-order valence-electron chi connectivity index (χ0n) is 17.9. The smallest absolute Gasteiger partial charge is 0.281 e. The highest BCUT2D eigenvalue weighted by Gasteiger charge is 2.55. The highest BCUT2D eigenvalue weighted by Crippen LogP contribution is 2.47. The summed E-state index contributed by atoms with van der Waals surface area (Å²) in [5, 5.41) is 16.5. The lowest BCUT2D eigenvalue weighted by atomic mass is 9.60. The molecule has 8 nitrogen and oxygen atoms in total. The molecule has 5 rings (SSSR count). The van der Waals surface area contributed by atoms with Crippen molar-refractivity contribution >= 4 is 23.4 Å². The predicted octanol–water partition coefficient (Wildman–Crippen LogP) is 2.95. The van der Waals surface area contributed by atoms with Crippen LogP contribution in [0.4, 0.5) is 13.2 Å². The van der Waals surface area contributed by atoms with Crippen molar-refractivity contribution in [2.45, 2.75) is 55.7 Å². The molecule has 1 aromatic carbocycles. The highest BCUT2D eigenvalue weighted by atomic mass is 35.5. The van der Waals surface area contributed by atoms with Crippen LogP contribution in [0.3, 0.4) is 0 Å². The van der Waals surface area contributed by atoms with Crippen molar-refractivity contribution in [3.8, 4) is 5.75 Å². The van der Waals surface area contributed by atoms with Crippen molar-refractivity contribution in [2.24, 2.45) is 0 Å². The topological polar surface area (TPSA) is 113 Å². The maximum Gasteiger partial charge on any atom is 0.281 e. The SMILES string of the molecule is O=C(COc1ccc(Cl)c(F)c1)NC12CCC(NC(=O)c3cnc(C(F)F)cn3)(CC1)C(O)C2. The van der Waals surface area contributed by atoms with E-state index in [1.54, 1.807) is 0 Å². The summed E-state index contributed by atoms with van der Waals surface area (Å²) in [4.78, 5) is 32.4. The van der Waals surface area contributed by atoms with E-state index in [2.05, 4.69) is 20.6 Å². The molecule has 0 spiro atoms. The number of carbonyl (C=O) groups excluding carboxylic acids is 2. The first-order chi connectivity index (χ1) is 16.1. The number of amides is 2. The van der Waals surface area contributed by atoms with Crippen LogP contribution in [0.1, 0.15) is 54.7 Å². The second-order valence-electron chi connectivity index (χ2n) is 8.65. The van der Waals surface area contributed by atoms with E-state index in [0.29, 0.717) is 25.7 Å². The van der Waals surface area contributed by atoms with E-state index in [9.17, 15) is 27.9 Å². The van der Waals surface area contributed by atoms with Crippen LogP contribution in [0.15, 0.2) is 30.6 Å². The number of halogens is 4. The molecule has 1 heterocycles. The molecule has 3 N–H and O–H groups in total. The van der Waals surface area contributed by atoms with Crippen LogP contribution in [-0.4, -0.2) is 50.7 Å². The zero-order valence-corrected chi connectivity index (χ0v) is 18.6. The van der Waals surface area contributed by atoms with Crippen molar-refractivity contribution in [2.75, 3.05) is 6.61 Å². The van der Waals surface area contributed by atoms with Crippen LogP contribution in [0, 0.1) is 5.82 Å². The highest BCUT2D eigenvalue weighted by molar-refractivity contribution is 6.30. The van der Waals surface area contributed by atoms with Crippen molar-refractivity contribution in [3.05, 3.63) is 52.8 Å². The Labute approximate surface area is 197 Å². The molecule has 3 fully saturated rings. The van der Waals surface area contributed by atoms with Gasteiger partial charge >= 0.3 is 0 Å². The molecule has 2 amide bonds. The second-order valence-corrected chi connectivity index (χ2v) is 9.06. The Bertz CT molecular complexity index is 1080. The third-order valence-corrected chi connectivity index (χ3v) is 6.78. The lowest BCUT2D eigenvalue weighted by Gasteiger charge is -2.56. The number of fused-ring (bicyclic) bond motifs is 3. The normalized spacial score (nSPS) is 25.8. The minimum absolute atomic E-state index is 0.0538. The van der Waals surface area contributed by atoms with Crippen molar-refractivity contribution < 1.29 is 32.6 Å². The Morgan fingerprint density at radius 1 is 1.18 bits per heavy atom. The minimum Gasteiger partial charge on any atom is -0.484 e. The molecule has 12 heteroatoms. The van der Waals surface area contributed by atoms with E-state index >= 15 is 0 Å². The van der Waals surface area contributed by atoms with Crippen LogP contribution in [0.2, 0.25) is 5.02 Å². The number of benzene rings is 1. The fourth-order valence-electron chi connectivity index (χ4n) is 4.57. The van der Waals surface area contributed by atoms with Gasteiger partial charge in [-0.15, -0.1) is 0 Å². The molecule has 1 aromatic heterocycles. The Balaban J connectivity index is 1.33. The van der Waals surface area contributed by atoms with Crippen molar-refractivity contribution in [3.63, 3.8) is 0 Å². The summed E-state index contributed by atoms with van der Waals surface area (Å²) in [5.74, 6) is -1.53. The van der Waals surface area contributed by atoms with Gasteiger partial charge in [-0.25, -0.2) is 18.2 Å². The molecule has 3 saturated carbocycles. The Kier molecular flexibility index (Phi) is 6.68. The molecule has 34 heavy (non-hydrogen) atoms. The van der Waals surface area contributed by atoms with E-state index in [-0.39, 0.29) is 29.5 Å². The third-order valence-electron chi connectivity index (χ3n) is 6.48. The fraction of sp³-hybridized carbons (Fsp3) is 0.455. The summed E-state index contributed by atoms with van der Waals surface area (Å²) in [6.45, 7) is -0.339. The van der Waals surface area contributed by atoms with Crippen LogP contribution in [0.25, 0.3) is 0 Å². The number of nitrogens with zero attached hydrogens (tertiary/aromatic N) is 2. The zero-order chi connectivity index (χ0) is 24.5. The number of hydrogen-bond acceptors (Lipinski definition) is 6. The summed E-state index contributed by atoms with van der Waals surface area (Å²) >= 11 is 5.63. The standard InChI is InChI=1S/C22H22ClF3N4O4/c23-13-2-1-12(7-14(13)24)34-11-18(32)29-21-3-5-22(6-4-21,17(31)8-21)30-20(33)16-10-27-15(9-28-16)19(25)26/h1-2,7,9-10,17,19,31H,3-6,8,11H2,(H,29,32)(H,30,33). The average Bonchev–Trinajstić information content (AvgIpc) is 2.81. The van der Waals surface area contributed by atoms with Crippen LogP contribution < -0.4 is 15.4 Å². The van der Waals surface area contributed by atoms with Gasteiger partial charge in [-0.1, -0.05) is 11.6 Å². The molecule has 3 aliphatic rings. The van der Waals surface area contributed by atoms with Gasteiger partial charge in [0.2, 0.25) is 0 Å². The molecule has 0 radical (unpaired) electrons. The molecule has 3 aliphatic carbocycles. The number of carbonyl (C=O) groups is 2. The lowest BCUT2D eigenvalue weighted by molar-refractivity contribution is -0.129. The van der Waals surface area contributed by atoms with Gasteiger partial charge in [0.25, 0.3) is 18.2 Å². The Morgan fingerprint density at radius 2 is 1.91 bits per heavy atom. The number of alkyl halides is 2. The molecule has 0 saturated heterocycles. The number of nitrogens with one attached hydrogen (secondary N) is 2. The second kappa shape index (κ2) is 9.38. The molecule has 0 aliphatic heterocycles. The quantitative estimate of drug-likeness (QED) is 0.541. The largest absolute Gasteiger partial charge is 0.484 e. The Hall–Kier alpha value is -2.92. The van der Waals surface area contributed by atoms with E-state index < -0.39 is 46.9 Å². The van der Waals surface area contributed by atoms with E-state index in [1.165, 1.54) is 12.1 Å². The third kappa shape index (κ3) is 4.95. The summed E-state index contributed by atoms with van der Waals surface area (Å²) in [6, 6.07) is 3.86.